The Morgan fingerprint density at radius 3 is 2.43 bits per heavy atom. The number of aromatic nitrogens is 1. The fraction of sp³-hybridized carbons (Fsp3) is 0.118. The average Bonchev–Trinajstić information content (AvgIpc) is 2.51. The van der Waals surface area contributed by atoms with Crippen LogP contribution in [0.15, 0.2) is 51.7 Å². The lowest BCUT2D eigenvalue weighted by Gasteiger charge is -2.15. The van der Waals surface area contributed by atoms with E-state index in [1.807, 2.05) is 18.2 Å². The molecule has 0 unspecified atom stereocenters. The van der Waals surface area contributed by atoms with Crippen LogP contribution < -0.4 is 5.56 Å². The van der Waals surface area contributed by atoms with E-state index in [-0.39, 0.29) is 12.2 Å². The van der Waals surface area contributed by atoms with E-state index in [0.717, 1.165) is 10.9 Å². The Bertz CT molecular complexity index is 933. The molecule has 6 heteroatoms. The molecule has 118 valence electrons. The lowest BCUT2D eigenvalue weighted by Crippen LogP contribution is -2.20. The van der Waals surface area contributed by atoms with Crippen LogP contribution in [-0.2, 0) is 6.42 Å². The zero-order chi connectivity index (χ0) is 16.6. The molecule has 1 aromatic heterocycles. The number of para-hydroxylation sites is 1. The van der Waals surface area contributed by atoms with E-state index in [9.17, 15) is 4.79 Å². The first-order valence-electron chi connectivity index (χ1n) is 6.92. The van der Waals surface area contributed by atoms with Crippen LogP contribution in [0.2, 0.25) is 10.0 Å². The summed E-state index contributed by atoms with van der Waals surface area (Å²) in [7, 11) is 0. The third-order valence-corrected chi connectivity index (χ3v) is 4.77. The van der Waals surface area contributed by atoms with Gasteiger partial charge in [0, 0.05) is 6.61 Å². The Labute approximate surface area is 151 Å². The first-order chi connectivity index (χ1) is 11.0. The lowest BCUT2D eigenvalue weighted by atomic mass is 10.1. The Balaban J connectivity index is 2.44. The topological polar surface area (TPSA) is 42.2 Å². The molecule has 0 aliphatic rings. The molecule has 0 atom stereocenters. The van der Waals surface area contributed by atoms with Crippen LogP contribution in [0, 0.1) is 0 Å². The maximum absolute atomic E-state index is 12.7. The number of halogens is 3. The van der Waals surface area contributed by atoms with Gasteiger partial charge < -0.3 is 5.11 Å². The van der Waals surface area contributed by atoms with E-state index in [1.54, 1.807) is 24.3 Å². The summed E-state index contributed by atoms with van der Waals surface area (Å²) < 4.78 is 1.93. The second kappa shape index (κ2) is 6.65. The molecule has 0 radical (unpaired) electrons. The van der Waals surface area contributed by atoms with Crippen molar-refractivity contribution < 1.29 is 5.11 Å². The smallest absolute Gasteiger partial charge is 0.270 e. The molecule has 0 amide bonds. The predicted molar refractivity (Wildman–Crippen MR) is 98.1 cm³/mol. The van der Waals surface area contributed by atoms with Crippen LogP contribution in [0.25, 0.3) is 16.6 Å². The molecule has 3 rings (SSSR count). The molecule has 2 aromatic carbocycles. The molecule has 1 heterocycles. The summed E-state index contributed by atoms with van der Waals surface area (Å²) in [5.41, 5.74) is 1.83. The second-order valence-electron chi connectivity index (χ2n) is 5.07. The number of benzene rings is 2. The first kappa shape index (κ1) is 16.5. The van der Waals surface area contributed by atoms with Gasteiger partial charge in [-0.2, -0.15) is 0 Å². The van der Waals surface area contributed by atoms with E-state index in [2.05, 4.69) is 15.9 Å². The second-order valence-corrected chi connectivity index (χ2v) is 6.74. The quantitative estimate of drug-likeness (QED) is 0.683. The Kier molecular flexibility index (Phi) is 4.78. The number of pyridine rings is 1. The molecule has 23 heavy (non-hydrogen) atoms. The van der Waals surface area contributed by atoms with Crippen molar-refractivity contribution in [2.45, 2.75) is 6.42 Å². The minimum Gasteiger partial charge on any atom is -0.396 e. The zero-order valence-corrected chi connectivity index (χ0v) is 15.0. The van der Waals surface area contributed by atoms with Crippen molar-refractivity contribution >= 4 is 50.0 Å². The standard InChI is InChI=1S/C17H12BrCl2NO2/c18-12-9-11-5-4-10(6-7-22)8-15(11)21(17(12)23)16-13(19)2-1-3-14(16)20/h1-5,8-9,22H,6-7H2. The van der Waals surface area contributed by atoms with Crippen molar-refractivity contribution in [2.75, 3.05) is 6.61 Å². The molecular formula is C17H12BrCl2NO2. The summed E-state index contributed by atoms with van der Waals surface area (Å²) >= 11 is 15.9. The molecule has 0 saturated heterocycles. The fourth-order valence-corrected chi connectivity index (χ4v) is 3.52. The number of hydrogen-bond donors (Lipinski definition) is 1. The maximum atomic E-state index is 12.7. The summed E-state index contributed by atoms with van der Waals surface area (Å²) in [6.07, 6.45) is 0.510. The Hall–Kier alpha value is -1.33. The number of nitrogens with zero attached hydrogens (tertiary/aromatic N) is 1. The van der Waals surface area contributed by atoms with Gasteiger partial charge in [-0.05, 0) is 57.6 Å². The predicted octanol–water partition coefficient (Wildman–Crippen LogP) is 4.59. The van der Waals surface area contributed by atoms with Gasteiger partial charge in [0.15, 0.2) is 0 Å². The summed E-state index contributed by atoms with van der Waals surface area (Å²) in [6, 6.07) is 12.6. The summed E-state index contributed by atoms with van der Waals surface area (Å²) in [5.74, 6) is 0. The van der Waals surface area contributed by atoms with Gasteiger partial charge in [0.1, 0.15) is 0 Å². The minimum absolute atomic E-state index is 0.0408. The molecule has 3 aromatic rings. The first-order valence-corrected chi connectivity index (χ1v) is 8.47. The molecule has 0 aliphatic heterocycles. The van der Waals surface area contributed by atoms with Crippen molar-refractivity contribution in [3.8, 4) is 5.69 Å². The SMILES string of the molecule is O=c1c(Br)cc2ccc(CCO)cc2n1-c1c(Cl)cccc1Cl. The van der Waals surface area contributed by atoms with Gasteiger partial charge in [0.25, 0.3) is 5.56 Å². The number of fused-ring (bicyclic) bond motifs is 1. The highest BCUT2D eigenvalue weighted by atomic mass is 79.9. The van der Waals surface area contributed by atoms with Gasteiger partial charge in [-0.15, -0.1) is 0 Å². The van der Waals surface area contributed by atoms with Gasteiger partial charge >= 0.3 is 0 Å². The monoisotopic (exact) mass is 411 g/mol. The van der Waals surface area contributed by atoms with Crippen molar-refractivity contribution in [2.24, 2.45) is 0 Å². The van der Waals surface area contributed by atoms with Crippen molar-refractivity contribution in [3.05, 3.63) is 72.9 Å². The number of hydrogen-bond acceptors (Lipinski definition) is 2. The van der Waals surface area contributed by atoms with E-state index >= 15 is 0 Å². The van der Waals surface area contributed by atoms with E-state index < -0.39 is 0 Å². The van der Waals surface area contributed by atoms with Gasteiger partial charge in [-0.1, -0.05) is 41.4 Å². The normalized spacial score (nSPS) is 11.1. The molecule has 1 N–H and O–H groups in total. The number of rotatable bonds is 3. The highest BCUT2D eigenvalue weighted by Gasteiger charge is 2.15. The summed E-state index contributed by atoms with van der Waals surface area (Å²) in [5, 5.41) is 10.8. The van der Waals surface area contributed by atoms with Gasteiger partial charge in [0.2, 0.25) is 0 Å². The Morgan fingerprint density at radius 2 is 1.78 bits per heavy atom. The summed E-state index contributed by atoms with van der Waals surface area (Å²) in [4.78, 5) is 12.7. The van der Waals surface area contributed by atoms with Crippen LogP contribution in [0.3, 0.4) is 0 Å². The van der Waals surface area contributed by atoms with Gasteiger partial charge in [-0.25, -0.2) is 0 Å². The third-order valence-electron chi connectivity index (χ3n) is 3.59. The highest BCUT2D eigenvalue weighted by molar-refractivity contribution is 9.10. The van der Waals surface area contributed by atoms with Gasteiger partial charge in [0.05, 0.1) is 25.7 Å². The summed E-state index contributed by atoms with van der Waals surface area (Å²) in [6.45, 7) is 0.0408. The molecule has 0 aliphatic carbocycles. The third kappa shape index (κ3) is 3.04. The van der Waals surface area contributed by atoms with E-state index in [1.165, 1.54) is 4.57 Å². The Morgan fingerprint density at radius 1 is 1.09 bits per heavy atom. The minimum atomic E-state index is -0.242. The maximum Gasteiger partial charge on any atom is 0.270 e. The molecule has 0 spiro atoms. The molecular weight excluding hydrogens is 401 g/mol. The van der Waals surface area contributed by atoms with Crippen LogP contribution in [0.4, 0.5) is 0 Å². The van der Waals surface area contributed by atoms with Gasteiger partial charge in [-0.3, -0.25) is 9.36 Å². The van der Waals surface area contributed by atoms with Crippen molar-refractivity contribution in [1.82, 2.24) is 4.57 Å². The molecule has 0 bridgehead atoms. The van der Waals surface area contributed by atoms with Crippen molar-refractivity contribution in [3.63, 3.8) is 0 Å². The fourth-order valence-electron chi connectivity index (χ4n) is 2.53. The zero-order valence-electron chi connectivity index (χ0n) is 11.9. The van der Waals surface area contributed by atoms with Crippen LogP contribution >= 0.6 is 39.1 Å². The van der Waals surface area contributed by atoms with Crippen LogP contribution in [0.5, 0.6) is 0 Å². The largest absolute Gasteiger partial charge is 0.396 e. The molecule has 3 nitrogen and oxygen atoms in total. The van der Waals surface area contributed by atoms with E-state index in [4.69, 9.17) is 28.3 Å². The van der Waals surface area contributed by atoms with Crippen molar-refractivity contribution in [1.29, 1.82) is 0 Å². The van der Waals surface area contributed by atoms with Crippen LogP contribution in [-0.4, -0.2) is 16.3 Å². The molecule has 0 saturated carbocycles. The number of aliphatic hydroxyl groups is 1. The number of aliphatic hydroxyl groups excluding tert-OH is 1. The average molecular weight is 413 g/mol. The highest BCUT2D eigenvalue weighted by Crippen LogP contribution is 2.31. The molecule has 0 fully saturated rings. The van der Waals surface area contributed by atoms with Crippen LogP contribution in [0.1, 0.15) is 5.56 Å². The lowest BCUT2D eigenvalue weighted by molar-refractivity contribution is 0.299. The van der Waals surface area contributed by atoms with E-state index in [0.29, 0.717) is 32.1 Å².